The van der Waals surface area contributed by atoms with Gasteiger partial charge in [0, 0.05) is 23.5 Å². The topological polar surface area (TPSA) is 46.3 Å². The molecule has 0 saturated heterocycles. The van der Waals surface area contributed by atoms with Crippen LogP contribution in [0.25, 0.3) is 0 Å². The lowest BCUT2D eigenvalue weighted by molar-refractivity contribution is 0.0984. The first kappa shape index (κ1) is 12.7. The fraction of sp³-hybridized carbons (Fsp3) is 0.235. The van der Waals surface area contributed by atoms with E-state index in [2.05, 4.69) is 0 Å². The molecule has 0 bridgehead atoms. The van der Waals surface area contributed by atoms with E-state index < -0.39 is 0 Å². The Morgan fingerprint density at radius 1 is 1.20 bits per heavy atom. The Morgan fingerprint density at radius 2 is 2.00 bits per heavy atom. The number of nitrogen functional groups attached to an aromatic ring is 1. The zero-order valence-corrected chi connectivity index (χ0v) is 11.6. The van der Waals surface area contributed by atoms with Crippen molar-refractivity contribution in [3.05, 3.63) is 59.2 Å². The molecule has 3 rings (SSSR count). The fourth-order valence-corrected chi connectivity index (χ4v) is 2.79. The van der Waals surface area contributed by atoms with Gasteiger partial charge in [0.05, 0.1) is 0 Å². The summed E-state index contributed by atoms with van der Waals surface area (Å²) < 4.78 is 0. The molecule has 0 aliphatic carbocycles. The number of fused-ring (bicyclic) bond motifs is 1. The number of carbonyl (C=O) groups is 1. The molecule has 2 aromatic carbocycles. The first-order valence-corrected chi connectivity index (χ1v) is 6.93. The van der Waals surface area contributed by atoms with E-state index in [4.69, 9.17) is 5.73 Å². The van der Waals surface area contributed by atoms with E-state index in [0.29, 0.717) is 0 Å². The van der Waals surface area contributed by atoms with E-state index in [1.807, 2.05) is 54.3 Å². The van der Waals surface area contributed by atoms with Gasteiger partial charge in [0.2, 0.25) is 0 Å². The Morgan fingerprint density at radius 3 is 2.80 bits per heavy atom. The van der Waals surface area contributed by atoms with Gasteiger partial charge in [-0.3, -0.25) is 4.79 Å². The van der Waals surface area contributed by atoms with Crippen LogP contribution in [0.5, 0.6) is 0 Å². The Bertz CT molecular complexity index is 664. The summed E-state index contributed by atoms with van der Waals surface area (Å²) in [6, 6.07) is 13.5. The maximum absolute atomic E-state index is 12.8. The number of anilines is 2. The molecular formula is C17H18N2O. The standard InChI is InChI=1S/C17H18N2O/c1-12-5-2-3-7-15(12)17(20)19-10-4-6-13-11-14(18)8-9-16(13)19/h2-3,5,7-9,11H,4,6,10,18H2,1H3. The second-order valence-corrected chi connectivity index (χ2v) is 5.26. The van der Waals surface area contributed by atoms with Crippen molar-refractivity contribution < 1.29 is 4.79 Å². The largest absolute Gasteiger partial charge is 0.399 e. The average Bonchev–Trinajstić information content (AvgIpc) is 2.46. The second-order valence-electron chi connectivity index (χ2n) is 5.26. The molecule has 2 N–H and O–H groups in total. The molecule has 0 fully saturated rings. The van der Waals surface area contributed by atoms with Crippen LogP contribution in [0.2, 0.25) is 0 Å². The van der Waals surface area contributed by atoms with Crippen molar-refractivity contribution in [1.29, 1.82) is 0 Å². The van der Waals surface area contributed by atoms with Gasteiger partial charge >= 0.3 is 0 Å². The molecule has 0 aromatic heterocycles. The van der Waals surface area contributed by atoms with Crippen molar-refractivity contribution in [3.63, 3.8) is 0 Å². The second kappa shape index (κ2) is 5.00. The monoisotopic (exact) mass is 266 g/mol. The number of nitrogens with two attached hydrogens (primary N) is 1. The molecule has 1 heterocycles. The van der Waals surface area contributed by atoms with Gasteiger partial charge in [-0.05, 0) is 55.2 Å². The minimum Gasteiger partial charge on any atom is -0.399 e. The number of carbonyl (C=O) groups excluding carboxylic acids is 1. The van der Waals surface area contributed by atoms with Crippen molar-refractivity contribution in [1.82, 2.24) is 0 Å². The predicted octanol–water partition coefficient (Wildman–Crippen LogP) is 3.17. The van der Waals surface area contributed by atoms with Gasteiger partial charge < -0.3 is 10.6 Å². The van der Waals surface area contributed by atoms with Crippen LogP contribution in [-0.2, 0) is 6.42 Å². The molecule has 0 atom stereocenters. The van der Waals surface area contributed by atoms with Crippen LogP contribution in [0.4, 0.5) is 11.4 Å². The minimum absolute atomic E-state index is 0.0776. The Kier molecular flexibility index (Phi) is 3.18. The van der Waals surface area contributed by atoms with Crippen molar-refractivity contribution >= 4 is 17.3 Å². The van der Waals surface area contributed by atoms with Crippen LogP contribution in [0.1, 0.15) is 27.9 Å². The minimum atomic E-state index is 0.0776. The highest BCUT2D eigenvalue weighted by Crippen LogP contribution is 2.30. The molecule has 0 radical (unpaired) electrons. The molecule has 0 unspecified atom stereocenters. The number of benzene rings is 2. The van der Waals surface area contributed by atoms with E-state index >= 15 is 0 Å². The normalized spacial score (nSPS) is 13.9. The molecule has 1 aliphatic heterocycles. The van der Waals surface area contributed by atoms with E-state index in [0.717, 1.165) is 47.5 Å². The average molecular weight is 266 g/mol. The van der Waals surface area contributed by atoms with Crippen LogP contribution in [0.15, 0.2) is 42.5 Å². The first-order chi connectivity index (χ1) is 9.66. The van der Waals surface area contributed by atoms with Crippen LogP contribution >= 0.6 is 0 Å². The van der Waals surface area contributed by atoms with Gasteiger partial charge in [-0.1, -0.05) is 18.2 Å². The summed E-state index contributed by atoms with van der Waals surface area (Å²) in [7, 11) is 0. The third-order valence-electron chi connectivity index (χ3n) is 3.84. The molecule has 0 spiro atoms. The van der Waals surface area contributed by atoms with Crippen molar-refractivity contribution in [2.24, 2.45) is 0 Å². The molecule has 102 valence electrons. The summed E-state index contributed by atoms with van der Waals surface area (Å²) in [5.41, 5.74) is 10.5. The molecule has 2 aromatic rings. The van der Waals surface area contributed by atoms with E-state index in [1.54, 1.807) is 0 Å². The summed E-state index contributed by atoms with van der Waals surface area (Å²) in [5, 5.41) is 0. The molecule has 3 heteroatoms. The SMILES string of the molecule is Cc1ccccc1C(=O)N1CCCc2cc(N)ccc21. The van der Waals surface area contributed by atoms with Crippen molar-refractivity contribution in [2.75, 3.05) is 17.2 Å². The Balaban J connectivity index is 2.01. The van der Waals surface area contributed by atoms with Crippen molar-refractivity contribution in [3.8, 4) is 0 Å². The van der Waals surface area contributed by atoms with Crippen molar-refractivity contribution in [2.45, 2.75) is 19.8 Å². The predicted molar refractivity (Wildman–Crippen MR) is 82.0 cm³/mol. The number of hydrogen-bond acceptors (Lipinski definition) is 2. The first-order valence-electron chi connectivity index (χ1n) is 6.93. The summed E-state index contributed by atoms with van der Waals surface area (Å²) in [4.78, 5) is 14.6. The van der Waals surface area contributed by atoms with Crippen LogP contribution < -0.4 is 10.6 Å². The highest BCUT2D eigenvalue weighted by atomic mass is 16.2. The molecule has 0 saturated carbocycles. The van der Waals surface area contributed by atoms with Gasteiger partial charge in [-0.25, -0.2) is 0 Å². The lowest BCUT2D eigenvalue weighted by Crippen LogP contribution is -2.35. The Hall–Kier alpha value is -2.29. The fourth-order valence-electron chi connectivity index (χ4n) is 2.79. The van der Waals surface area contributed by atoms with Gasteiger partial charge in [0.15, 0.2) is 0 Å². The van der Waals surface area contributed by atoms with E-state index in [9.17, 15) is 4.79 Å². The zero-order chi connectivity index (χ0) is 14.1. The van der Waals surface area contributed by atoms with Gasteiger partial charge in [-0.15, -0.1) is 0 Å². The lowest BCUT2D eigenvalue weighted by atomic mass is 9.99. The summed E-state index contributed by atoms with van der Waals surface area (Å²) in [6.07, 6.45) is 1.96. The van der Waals surface area contributed by atoms with Gasteiger partial charge in [-0.2, -0.15) is 0 Å². The van der Waals surface area contributed by atoms with Crippen LogP contribution in [-0.4, -0.2) is 12.5 Å². The molecule has 1 amide bonds. The quantitative estimate of drug-likeness (QED) is 0.806. The third-order valence-corrected chi connectivity index (χ3v) is 3.84. The maximum Gasteiger partial charge on any atom is 0.258 e. The Labute approximate surface area is 119 Å². The summed E-state index contributed by atoms with van der Waals surface area (Å²) in [6.45, 7) is 2.74. The molecule has 20 heavy (non-hydrogen) atoms. The number of aryl methyl sites for hydroxylation is 2. The smallest absolute Gasteiger partial charge is 0.258 e. The summed E-state index contributed by atoms with van der Waals surface area (Å²) in [5.74, 6) is 0.0776. The molecule has 1 aliphatic rings. The van der Waals surface area contributed by atoms with Gasteiger partial charge in [0.25, 0.3) is 5.91 Å². The van der Waals surface area contributed by atoms with E-state index in [-0.39, 0.29) is 5.91 Å². The highest BCUT2D eigenvalue weighted by molar-refractivity contribution is 6.07. The number of rotatable bonds is 1. The highest BCUT2D eigenvalue weighted by Gasteiger charge is 2.24. The zero-order valence-electron chi connectivity index (χ0n) is 11.6. The third kappa shape index (κ3) is 2.16. The number of nitrogens with zero attached hydrogens (tertiary/aromatic N) is 1. The van der Waals surface area contributed by atoms with E-state index in [1.165, 1.54) is 0 Å². The molecule has 3 nitrogen and oxygen atoms in total. The number of hydrogen-bond donors (Lipinski definition) is 1. The maximum atomic E-state index is 12.8. The lowest BCUT2D eigenvalue weighted by Gasteiger charge is -2.30. The van der Waals surface area contributed by atoms with Gasteiger partial charge in [0.1, 0.15) is 0 Å². The van der Waals surface area contributed by atoms with Crippen LogP contribution in [0, 0.1) is 6.92 Å². The molecular weight excluding hydrogens is 248 g/mol. The summed E-state index contributed by atoms with van der Waals surface area (Å²) >= 11 is 0. The van der Waals surface area contributed by atoms with Crippen LogP contribution in [0.3, 0.4) is 0 Å². The number of amides is 1.